The lowest BCUT2D eigenvalue weighted by molar-refractivity contribution is -0.145. The molecule has 7 heteroatoms. The van der Waals surface area contributed by atoms with E-state index in [9.17, 15) is 14.7 Å². The quantitative estimate of drug-likeness (QED) is 0.430. The molecule has 0 amide bonds. The summed E-state index contributed by atoms with van der Waals surface area (Å²) in [7, 11) is 0. The van der Waals surface area contributed by atoms with Crippen molar-refractivity contribution in [2.24, 2.45) is 0 Å². The number of ether oxygens (including phenoxy) is 2. The lowest BCUT2D eigenvalue weighted by Gasteiger charge is -2.13. The van der Waals surface area contributed by atoms with Crippen molar-refractivity contribution >= 4 is 16.7 Å². The third-order valence-electron chi connectivity index (χ3n) is 4.69. The van der Waals surface area contributed by atoms with E-state index < -0.39 is 0 Å². The first-order valence-electron chi connectivity index (χ1n) is 10.4. The molecule has 1 N–H and O–H groups in total. The van der Waals surface area contributed by atoms with Crippen LogP contribution in [0.25, 0.3) is 10.8 Å². The number of benzene rings is 1. The fraction of sp³-hybridized carbons (Fsp3) is 0.591. The van der Waals surface area contributed by atoms with Gasteiger partial charge in [-0.25, -0.2) is 4.68 Å². The molecule has 1 aromatic carbocycles. The zero-order valence-electron chi connectivity index (χ0n) is 17.6. The highest BCUT2D eigenvalue weighted by Crippen LogP contribution is 2.20. The third-order valence-corrected chi connectivity index (χ3v) is 4.69. The number of nitrogens with zero attached hydrogens (tertiary/aromatic N) is 2. The number of aryl methyl sites for hydroxylation is 1. The number of esters is 1. The van der Waals surface area contributed by atoms with Gasteiger partial charge in [0.2, 0.25) is 5.88 Å². The minimum atomic E-state index is -0.306. The highest BCUT2D eigenvalue weighted by molar-refractivity contribution is 5.85. The summed E-state index contributed by atoms with van der Waals surface area (Å²) in [4.78, 5) is 23.7. The maximum atomic E-state index is 12.8. The van der Waals surface area contributed by atoms with E-state index in [1.807, 2.05) is 25.1 Å². The van der Waals surface area contributed by atoms with Crippen molar-refractivity contribution in [2.75, 3.05) is 6.61 Å². The minimum Gasteiger partial charge on any atom is -0.476 e. The number of carbonyl (C=O) groups is 1. The first kappa shape index (κ1) is 22.9. The third kappa shape index (κ3) is 7.49. The molecule has 0 fully saturated rings. The number of aliphatic hydroxyl groups excluding tert-OH is 1. The molecular formula is C22H32N2O5. The topological polar surface area (TPSA) is 90.7 Å². The molecule has 29 heavy (non-hydrogen) atoms. The van der Waals surface area contributed by atoms with Gasteiger partial charge >= 0.3 is 5.97 Å². The van der Waals surface area contributed by atoms with Crippen molar-refractivity contribution in [1.82, 2.24) is 9.78 Å². The maximum absolute atomic E-state index is 12.8. The summed E-state index contributed by atoms with van der Waals surface area (Å²) in [6, 6.07) is 7.34. The molecule has 0 aliphatic rings. The summed E-state index contributed by atoms with van der Waals surface area (Å²) < 4.78 is 12.5. The number of aliphatic hydroxyl groups is 1. The van der Waals surface area contributed by atoms with Crippen LogP contribution in [0.5, 0.6) is 5.88 Å². The number of unbranched alkanes of at least 4 members (excludes halogenated alkanes) is 2. The predicted molar refractivity (Wildman–Crippen MR) is 112 cm³/mol. The fourth-order valence-corrected chi connectivity index (χ4v) is 3.21. The second-order valence-corrected chi connectivity index (χ2v) is 7.49. The average molecular weight is 405 g/mol. The Balaban J connectivity index is 2.01. The second-order valence-electron chi connectivity index (χ2n) is 7.49. The van der Waals surface area contributed by atoms with Gasteiger partial charge in [-0.1, -0.05) is 12.1 Å². The highest BCUT2D eigenvalue weighted by atomic mass is 16.5. The van der Waals surface area contributed by atoms with Gasteiger partial charge in [-0.15, -0.1) is 5.10 Å². The molecule has 0 spiro atoms. The molecule has 2 aromatic rings. The minimum absolute atomic E-state index is 0.130. The van der Waals surface area contributed by atoms with Crippen LogP contribution in [0.15, 0.2) is 29.1 Å². The number of carbonyl (C=O) groups excluding carboxylic acids is 1. The van der Waals surface area contributed by atoms with Gasteiger partial charge in [-0.2, -0.15) is 0 Å². The highest BCUT2D eigenvalue weighted by Gasteiger charge is 2.12. The summed E-state index contributed by atoms with van der Waals surface area (Å²) in [6.07, 6.45) is 4.31. The zero-order chi connectivity index (χ0) is 21.2. The molecule has 0 saturated heterocycles. The number of hydrogen-bond acceptors (Lipinski definition) is 6. The Morgan fingerprint density at radius 3 is 2.48 bits per heavy atom. The van der Waals surface area contributed by atoms with Gasteiger partial charge in [0.05, 0.1) is 29.6 Å². The van der Waals surface area contributed by atoms with Crippen LogP contribution in [-0.2, 0) is 16.1 Å². The molecule has 0 aliphatic heterocycles. The molecule has 0 radical (unpaired) electrons. The van der Waals surface area contributed by atoms with Crippen LogP contribution in [-0.4, -0.2) is 39.7 Å². The molecule has 2 atom stereocenters. The van der Waals surface area contributed by atoms with Crippen molar-refractivity contribution in [2.45, 2.75) is 78.0 Å². The number of hydrogen-bond donors (Lipinski definition) is 1. The second kappa shape index (κ2) is 11.6. The molecule has 2 rings (SSSR count). The Hall–Kier alpha value is -2.41. The van der Waals surface area contributed by atoms with Gasteiger partial charge in [-0.05, 0) is 64.5 Å². The lowest BCUT2D eigenvalue weighted by atomic mass is 10.1. The fourth-order valence-electron chi connectivity index (χ4n) is 3.21. The van der Waals surface area contributed by atoms with Crippen LogP contribution < -0.4 is 10.3 Å². The van der Waals surface area contributed by atoms with Gasteiger partial charge in [-0.3, -0.25) is 9.59 Å². The molecule has 0 aliphatic carbocycles. The summed E-state index contributed by atoms with van der Waals surface area (Å²) in [5.74, 6) is 0.186. The van der Waals surface area contributed by atoms with Crippen molar-refractivity contribution in [3.05, 3.63) is 34.6 Å². The predicted octanol–water partition coefficient (Wildman–Crippen LogP) is 3.45. The van der Waals surface area contributed by atoms with Gasteiger partial charge in [0.15, 0.2) is 0 Å². The van der Waals surface area contributed by atoms with E-state index in [0.717, 1.165) is 38.5 Å². The van der Waals surface area contributed by atoms with E-state index in [-0.39, 0.29) is 23.7 Å². The largest absolute Gasteiger partial charge is 0.476 e. The lowest BCUT2D eigenvalue weighted by Crippen LogP contribution is -2.24. The van der Waals surface area contributed by atoms with Crippen LogP contribution in [0.4, 0.5) is 0 Å². The van der Waals surface area contributed by atoms with Crippen LogP contribution >= 0.6 is 0 Å². The van der Waals surface area contributed by atoms with E-state index in [1.165, 1.54) is 11.6 Å². The van der Waals surface area contributed by atoms with E-state index in [0.29, 0.717) is 29.8 Å². The number of fused-ring (bicyclic) bond motifs is 1. The van der Waals surface area contributed by atoms with Crippen molar-refractivity contribution in [1.29, 1.82) is 0 Å². The number of aromatic nitrogens is 2. The van der Waals surface area contributed by atoms with Crippen molar-refractivity contribution in [3.63, 3.8) is 0 Å². The molecule has 0 bridgehead atoms. The van der Waals surface area contributed by atoms with Gasteiger partial charge in [0.25, 0.3) is 5.56 Å². The van der Waals surface area contributed by atoms with E-state index in [2.05, 4.69) is 5.10 Å². The normalized spacial score (nSPS) is 13.2. The maximum Gasteiger partial charge on any atom is 0.302 e. The molecular weight excluding hydrogens is 372 g/mol. The Morgan fingerprint density at radius 2 is 1.79 bits per heavy atom. The van der Waals surface area contributed by atoms with Crippen molar-refractivity contribution in [3.8, 4) is 5.88 Å². The van der Waals surface area contributed by atoms with Gasteiger partial charge in [0.1, 0.15) is 0 Å². The summed E-state index contributed by atoms with van der Waals surface area (Å²) in [5, 5.41) is 15.1. The Kier molecular flexibility index (Phi) is 9.12. The van der Waals surface area contributed by atoms with Crippen LogP contribution in [0.3, 0.4) is 0 Å². The Labute approximate surface area is 171 Å². The van der Waals surface area contributed by atoms with E-state index in [4.69, 9.17) is 9.47 Å². The van der Waals surface area contributed by atoms with Gasteiger partial charge < -0.3 is 14.6 Å². The molecule has 1 aromatic heterocycles. The van der Waals surface area contributed by atoms with Crippen LogP contribution in [0.1, 0.15) is 59.3 Å². The standard InChI is InChI=1S/C22H32N2O5/c1-16(25)10-7-9-15-28-21-19-12-4-5-13-20(19)22(27)24(23-21)14-8-6-11-17(2)29-18(3)26/h4-5,12-13,16-17,25H,6-11,14-15H2,1-3H3/t16-,17-/m1/s1. The SMILES string of the molecule is CC(=O)O[C@H](C)CCCCn1nc(OCCCC[C@@H](C)O)c2ccccc2c1=O. The van der Waals surface area contributed by atoms with Crippen molar-refractivity contribution < 1.29 is 19.4 Å². The smallest absolute Gasteiger partial charge is 0.302 e. The summed E-state index contributed by atoms with van der Waals surface area (Å²) in [6.45, 7) is 6.02. The molecule has 7 nitrogen and oxygen atoms in total. The molecule has 0 saturated carbocycles. The average Bonchev–Trinajstić information content (AvgIpc) is 2.67. The molecule has 1 heterocycles. The summed E-state index contributed by atoms with van der Waals surface area (Å²) >= 11 is 0. The van der Waals surface area contributed by atoms with Crippen LogP contribution in [0, 0.1) is 0 Å². The van der Waals surface area contributed by atoms with Crippen LogP contribution in [0.2, 0.25) is 0 Å². The zero-order valence-corrected chi connectivity index (χ0v) is 17.6. The molecule has 0 unspecified atom stereocenters. The first-order chi connectivity index (χ1) is 13.9. The molecule has 160 valence electrons. The first-order valence-corrected chi connectivity index (χ1v) is 10.4. The Bertz CT molecular complexity index is 847. The Morgan fingerprint density at radius 1 is 1.10 bits per heavy atom. The van der Waals surface area contributed by atoms with E-state index >= 15 is 0 Å². The van der Waals surface area contributed by atoms with E-state index in [1.54, 1.807) is 13.0 Å². The number of rotatable bonds is 12. The van der Waals surface area contributed by atoms with Gasteiger partial charge in [0, 0.05) is 13.5 Å². The summed E-state index contributed by atoms with van der Waals surface area (Å²) in [5.41, 5.74) is -0.130. The monoisotopic (exact) mass is 404 g/mol.